The lowest BCUT2D eigenvalue weighted by Crippen LogP contribution is -2.54. The van der Waals surface area contributed by atoms with Crippen molar-refractivity contribution in [2.45, 2.75) is 31.3 Å². The second-order valence-corrected chi connectivity index (χ2v) is 9.44. The molecule has 1 N–H and O–H groups in total. The zero-order valence-corrected chi connectivity index (χ0v) is 18.3. The Morgan fingerprint density at radius 2 is 1.97 bits per heavy atom. The van der Waals surface area contributed by atoms with Gasteiger partial charge < -0.3 is 5.32 Å². The summed E-state index contributed by atoms with van der Waals surface area (Å²) in [5.41, 5.74) is 0.454. The number of imide groups is 1. The van der Waals surface area contributed by atoms with Gasteiger partial charge >= 0.3 is 0 Å². The van der Waals surface area contributed by atoms with E-state index in [0.717, 1.165) is 11.3 Å². The van der Waals surface area contributed by atoms with Crippen LogP contribution in [0.1, 0.15) is 24.0 Å². The van der Waals surface area contributed by atoms with Gasteiger partial charge in [0, 0.05) is 23.7 Å². The molecule has 4 aliphatic heterocycles. The number of anilines is 2. The van der Waals surface area contributed by atoms with E-state index in [1.54, 1.807) is 25.1 Å². The van der Waals surface area contributed by atoms with Crippen LogP contribution in [0.4, 0.5) is 17.1 Å². The van der Waals surface area contributed by atoms with Gasteiger partial charge in [0.25, 0.3) is 11.6 Å². The maximum absolute atomic E-state index is 13.9. The highest BCUT2D eigenvalue weighted by molar-refractivity contribution is 6.35. The summed E-state index contributed by atoms with van der Waals surface area (Å²) < 4.78 is 0. The number of hydrogen-bond donors (Lipinski definition) is 1. The van der Waals surface area contributed by atoms with Crippen LogP contribution < -0.4 is 10.2 Å². The molecule has 9 nitrogen and oxygen atoms in total. The number of benzene rings is 2. The highest BCUT2D eigenvalue weighted by Crippen LogP contribution is 2.61. The van der Waals surface area contributed by atoms with Crippen molar-refractivity contribution in [3.63, 3.8) is 0 Å². The van der Waals surface area contributed by atoms with Gasteiger partial charge in [-0.3, -0.25) is 29.4 Å². The molecular weight excluding hydrogens is 448 g/mol. The van der Waals surface area contributed by atoms with Crippen molar-refractivity contribution in [3.8, 4) is 0 Å². The molecule has 168 valence electrons. The lowest BCUT2D eigenvalue weighted by molar-refractivity contribution is -0.384. The Bertz CT molecular complexity index is 1300. The van der Waals surface area contributed by atoms with Crippen molar-refractivity contribution < 1.29 is 19.3 Å². The first-order valence-electron chi connectivity index (χ1n) is 10.8. The summed E-state index contributed by atoms with van der Waals surface area (Å²) in [5.74, 6) is -2.73. The number of amides is 3. The average molecular weight is 467 g/mol. The van der Waals surface area contributed by atoms with Gasteiger partial charge in [-0.25, -0.2) is 4.90 Å². The van der Waals surface area contributed by atoms with Gasteiger partial charge in [0.05, 0.1) is 33.2 Å². The molecule has 0 saturated carbocycles. The van der Waals surface area contributed by atoms with Crippen molar-refractivity contribution in [3.05, 3.63) is 62.7 Å². The standard InChI is InChI=1S/C23H19ClN4O5/c1-11-10-12(28(32)33)7-8-15(11)27-20(29)17-16-6-3-9-26(16)23(18(17)21(27)30)13-4-2-5-14(24)19(13)25-22(23)31/h2,4-5,7-8,10,16-18H,3,6,9H2,1H3,(H,25,31)/t16-,17-,18-,23+/m0/s1. The Balaban J connectivity index is 1.53. The number of fused-ring (bicyclic) bond motifs is 7. The van der Waals surface area contributed by atoms with Crippen LogP contribution in [0.5, 0.6) is 0 Å². The highest BCUT2D eigenvalue weighted by atomic mass is 35.5. The molecule has 33 heavy (non-hydrogen) atoms. The lowest BCUT2D eigenvalue weighted by atomic mass is 9.75. The smallest absolute Gasteiger partial charge is 0.269 e. The number of nitrogens with zero attached hydrogens (tertiary/aromatic N) is 3. The summed E-state index contributed by atoms with van der Waals surface area (Å²) in [5, 5.41) is 14.4. The lowest BCUT2D eigenvalue weighted by Gasteiger charge is -2.36. The van der Waals surface area contributed by atoms with Crippen LogP contribution in [0.3, 0.4) is 0 Å². The minimum atomic E-state index is -1.30. The van der Waals surface area contributed by atoms with E-state index in [1.807, 2.05) is 4.90 Å². The Morgan fingerprint density at radius 3 is 2.70 bits per heavy atom. The van der Waals surface area contributed by atoms with Gasteiger partial charge in [-0.15, -0.1) is 0 Å². The summed E-state index contributed by atoms with van der Waals surface area (Å²) in [6, 6.07) is 9.05. The number of nitrogens with one attached hydrogen (secondary N) is 1. The van der Waals surface area contributed by atoms with E-state index in [2.05, 4.69) is 5.32 Å². The van der Waals surface area contributed by atoms with Gasteiger partial charge in [0.1, 0.15) is 5.54 Å². The molecule has 0 unspecified atom stereocenters. The second kappa shape index (κ2) is 6.61. The number of hydrogen-bond acceptors (Lipinski definition) is 6. The van der Waals surface area contributed by atoms with Crippen molar-refractivity contribution in [2.75, 3.05) is 16.8 Å². The summed E-state index contributed by atoms with van der Waals surface area (Å²) in [6.45, 7) is 2.24. The third kappa shape index (κ3) is 2.33. The Morgan fingerprint density at radius 1 is 1.18 bits per heavy atom. The molecule has 3 amide bonds. The van der Waals surface area contributed by atoms with Crippen LogP contribution in [-0.4, -0.2) is 40.1 Å². The number of halogens is 1. The van der Waals surface area contributed by atoms with E-state index in [4.69, 9.17) is 11.6 Å². The average Bonchev–Trinajstić information content (AvgIpc) is 3.48. The Labute approximate surface area is 193 Å². The molecule has 3 saturated heterocycles. The van der Waals surface area contributed by atoms with Gasteiger partial charge in [-0.2, -0.15) is 0 Å². The fourth-order valence-corrected chi connectivity index (χ4v) is 6.66. The third-order valence-electron chi connectivity index (χ3n) is 7.61. The molecule has 0 bridgehead atoms. The van der Waals surface area contributed by atoms with Gasteiger partial charge in [0.15, 0.2) is 0 Å². The van der Waals surface area contributed by atoms with Crippen LogP contribution in [0.15, 0.2) is 36.4 Å². The normalized spacial score (nSPS) is 30.1. The maximum atomic E-state index is 13.9. The Kier molecular flexibility index (Phi) is 4.07. The van der Waals surface area contributed by atoms with E-state index in [9.17, 15) is 24.5 Å². The van der Waals surface area contributed by atoms with E-state index >= 15 is 0 Å². The summed E-state index contributed by atoms with van der Waals surface area (Å²) in [4.78, 5) is 55.0. The van der Waals surface area contributed by atoms with Crippen molar-refractivity contribution >= 4 is 46.4 Å². The molecular formula is C23H19ClN4O5. The summed E-state index contributed by atoms with van der Waals surface area (Å²) in [6.07, 6.45) is 1.52. The number of aryl methyl sites for hydroxylation is 1. The minimum absolute atomic E-state index is 0.118. The van der Waals surface area contributed by atoms with Crippen molar-refractivity contribution in [2.24, 2.45) is 11.8 Å². The molecule has 0 aliphatic carbocycles. The number of carbonyl (C=O) groups excluding carboxylic acids is 3. The van der Waals surface area contributed by atoms with Crippen LogP contribution in [0.2, 0.25) is 5.02 Å². The predicted octanol–water partition coefficient (Wildman–Crippen LogP) is 2.99. The number of rotatable bonds is 2. The number of nitro groups is 1. The molecule has 0 aromatic heterocycles. The van der Waals surface area contributed by atoms with Gasteiger partial charge in [0.2, 0.25) is 11.8 Å². The van der Waals surface area contributed by atoms with Gasteiger partial charge in [-0.05, 0) is 44.0 Å². The topological polar surface area (TPSA) is 113 Å². The fraction of sp³-hybridized carbons (Fsp3) is 0.348. The SMILES string of the molecule is Cc1cc([N+](=O)[O-])ccc1N1C(=O)[C@@H]2[C@@H](C1=O)[C@]1(C(=O)Nc3c(Cl)cccc31)N1CCC[C@@H]21. The number of para-hydroxylation sites is 1. The van der Waals surface area contributed by atoms with Crippen LogP contribution in [0, 0.1) is 28.9 Å². The van der Waals surface area contributed by atoms with Crippen LogP contribution in [-0.2, 0) is 19.9 Å². The largest absolute Gasteiger partial charge is 0.323 e. The maximum Gasteiger partial charge on any atom is 0.269 e. The first kappa shape index (κ1) is 20.3. The van der Waals surface area contributed by atoms with Crippen LogP contribution in [0.25, 0.3) is 0 Å². The molecule has 4 heterocycles. The second-order valence-electron chi connectivity index (χ2n) is 9.03. The van der Waals surface area contributed by atoms with Crippen molar-refractivity contribution in [1.82, 2.24) is 4.90 Å². The minimum Gasteiger partial charge on any atom is -0.323 e. The zero-order valence-electron chi connectivity index (χ0n) is 17.6. The first-order valence-corrected chi connectivity index (χ1v) is 11.2. The van der Waals surface area contributed by atoms with E-state index in [1.165, 1.54) is 18.2 Å². The molecule has 4 aliphatic rings. The van der Waals surface area contributed by atoms with Gasteiger partial charge in [-0.1, -0.05) is 23.7 Å². The van der Waals surface area contributed by atoms with Crippen LogP contribution >= 0.6 is 11.6 Å². The van der Waals surface area contributed by atoms with E-state index in [-0.39, 0.29) is 23.5 Å². The van der Waals surface area contributed by atoms with Crippen molar-refractivity contribution in [1.29, 1.82) is 0 Å². The molecule has 4 atom stereocenters. The molecule has 10 heteroatoms. The monoisotopic (exact) mass is 466 g/mol. The van der Waals surface area contributed by atoms with E-state index < -0.39 is 28.2 Å². The third-order valence-corrected chi connectivity index (χ3v) is 7.92. The first-order chi connectivity index (χ1) is 15.8. The molecule has 6 rings (SSSR count). The quantitative estimate of drug-likeness (QED) is 0.413. The molecule has 2 aromatic carbocycles. The summed E-state index contributed by atoms with van der Waals surface area (Å²) in [7, 11) is 0. The zero-order chi connectivity index (χ0) is 23.2. The highest BCUT2D eigenvalue weighted by Gasteiger charge is 2.74. The fourth-order valence-electron chi connectivity index (χ4n) is 6.44. The molecule has 3 fully saturated rings. The molecule has 1 spiro atoms. The number of non-ortho nitro benzene ring substituents is 1. The molecule has 0 radical (unpaired) electrons. The molecule has 2 aromatic rings. The predicted molar refractivity (Wildman–Crippen MR) is 119 cm³/mol. The Hall–Kier alpha value is -3.30. The number of carbonyl (C=O) groups is 3. The summed E-state index contributed by atoms with van der Waals surface area (Å²) >= 11 is 6.38. The van der Waals surface area contributed by atoms with E-state index in [0.29, 0.717) is 40.5 Å². The number of nitro benzene ring substituents is 1.